The van der Waals surface area contributed by atoms with Crippen molar-refractivity contribution in [2.24, 2.45) is 5.92 Å². The van der Waals surface area contributed by atoms with Gasteiger partial charge in [-0.15, -0.1) is 0 Å². The van der Waals surface area contributed by atoms with Crippen LogP contribution in [-0.2, 0) is 9.47 Å². The van der Waals surface area contributed by atoms with E-state index in [1.165, 1.54) is 25.7 Å². The number of rotatable bonds is 18. The Labute approximate surface area is 207 Å². The lowest BCUT2D eigenvalue weighted by molar-refractivity contribution is -0.326. The molecule has 2 aromatic carbocycles. The van der Waals surface area contributed by atoms with E-state index in [9.17, 15) is 10.2 Å². The summed E-state index contributed by atoms with van der Waals surface area (Å²) in [5.41, 5.74) is 1.56. The minimum atomic E-state index is -1.34. The Bertz CT molecular complexity index is 741. The van der Waals surface area contributed by atoms with E-state index < -0.39 is 23.9 Å². The highest BCUT2D eigenvalue weighted by Crippen LogP contribution is 2.45. The predicted octanol–water partition coefficient (Wildman–Crippen LogP) is 7.37. The molecular formula is C30H46O4. The molecule has 0 amide bonds. The monoisotopic (exact) mass is 470 g/mol. The molecule has 2 N–H and O–H groups in total. The van der Waals surface area contributed by atoms with Gasteiger partial charge in [-0.3, -0.25) is 0 Å². The van der Waals surface area contributed by atoms with Gasteiger partial charge in [-0.2, -0.15) is 0 Å². The van der Waals surface area contributed by atoms with Crippen LogP contribution in [0.3, 0.4) is 0 Å². The van der Waals surface area contributed by atoms with Crippen molar-refractivity contribution in [1.82, 2.24) is 0 Å². The number of hydrogen-bond acceptors (Lipinski definition) is 4. The molecule has 0 aliphatic heterocycles. The highest BCUT2D eigenvalue weighted by Gasteiger charge is 2.51. The molecule has 0 aliphatic rings. The fourth-order valence-corrected chi connectivity index (χ4v) is 4.61. The maximum absolute atomic E-state index is 11.8. The molecule has 190 valence electrons. The first-order valence-electron chi connectivity index (χ1n) is 13.3. The third kappa shape index (κ3) is 8.20. The summed E-state index contributed by atoms with van der Waals surface area (Å²) in [6.45, 7) is 7.22. The van der Waals surface area contributed by atoms with Crippen molar-refractivity contribution in [1.29, 1.82) is 0 Å². The van der Waals surface area contributed by atoms with Gasteiger partial charge >= 0.3 is 0 Å². The van der Waals surface area contributed by atoms with Gasteiger partial charge in [0.1, 0.15) is 6.10 Å². The van der Waals surface area contributed by atoms with Gasteiger partial charge in [-0.05, 0) is 30.4 Å². The first-order valence-corrected chi connectivity index (χ1v) is 13.3. The first kappa shape index (κ1) is 28.5. The molecule has 34 heavy (non-hydrogen) atoms. The molecule has 0 radical (unpaired) electrons. The van der Waals surface area contributed by atoms with Crippen molar-refractivity contribution in [3.8, 4) is 0 Å². The SMILES string of the molecule is CCCCCCCCC(C(O)c1ccccc1)C(OCCC)(OCCC)C(O)c1ccccc1. The minimum Gasteiger partial charge on any atom is -0.388 e. The number of hydrogen-bond donors (Lipinski definition) is 2. The third-order valence-corrected chi connectivity index (χ3v) is 6.47. The maximum atomic E-state index is 11.8. The Morgan fingerprint density at radius 2 is 1.15 bits per heavy atom. The summed E-state index contributed by atoms with van der Waals surface area (Å²) in [5.74, 6) is -1.76. The number of unbranched alkanes of at least 4 members (excludes halogenated alkanes) is 5. The average Bonchev–Trinajstić information content (AvgIpc) is 2.89. The molecule has 0 heterocycles. The standard InChI is InChI=1S/C30H46O4/c1-4-7-8-9-10-17-22-27(28(31)25-18-13-11-14-19-25)30(33-23-5-2,34-24-6-3)29(32)26-20-15-12-16-21-26/h11-16,18-21,27-29,31-32H,4-10,17,22-24H2,1-3H3. The Morgan fingerprint density at radius 1 is 0.647 bits per heavy atom. The van der Waals surface area contributed by atoms with Crippen LogP contribution >= 0.6 is 0 Å². The summed E-state index contributed by atoms with van der Waals surface area (Å²) in [6, 6.07) is 19.3. The lowest BCUT2D eigenvalue weighted by Gasteiger charge is -2.45. The van der Waals surface area contributed by atoms with Crippen LogP contribution in [0.5, 0.6) is 0 Å². The summed E-state index contributed by atoms with van der Waals surface area (Å²) >= 11 is 0. The van der Waals surface area contributed by atoms with Crippen molar-refractivity contribution in [2.45, 2.75) is 96.6 Å². The molecule has 3 unspecified atom stereocenters. The smallest absolute Gasteiger partial charge is 0.204 e. The Balaban J connectivity index is 2.45. The second-order valence-electron chi connectivity index (χ2n) is 9.25. The molecule has 0 spiro atoms. The van der Waals surface area contributed by atoms with Gasteiger partial charge in [-0.25, -0.2) is 0 Å². The quantitative estimate of drug-likeness (QED) is 0.176. The normalized spacial score (nSPS) is 14.6. The van der Waals surface area contributed by atoms with Gasteiger partial charge in [0.25, 0.3) is 0 Å². The lowest BCUT2D eigenvalue weighted by Crippen LogP contribution is -2.51. The Hall–Kier alpha value is -1.72. The Morgan fingerprint density at radius 3 is 1.68 bits per heavy atom. The van der Waals surface area contributed by atoms with Gasteiger partial charge in [0.05, 0.1) is 6.10 Å². The zero-order chi connectivity index (χ0) is 24.7. The van der Waals surface area contributed by atoms with Crippen LogP contribution in [0.1, 0.15) is 102 Å². The van der Waals surface area contributed by atoms with Gasteiger partial charge in [0.2, 0.25) is 5.79 Å². The number of ether oxygens (including phenoxy) is 2. The van der Waals surface area contributed by atoms with E-state index in [0.717, 1.165) is 36.8 Å². The molecular weight excluding hydrogens is 424 g/mol. The van der Waals surface area contributed by atoms with Crippen LogP contribution < -0.4 is 0 Å². The van der Waals surface area contributed by atoms with Crippen LogP contribution in [0.15, 0.2) is 60.7 Å². The van der Waals surface area contributed by atoms with E-state index in [-0.39, 0.29) is 0 Å². The molecule has 0 saturated heterocycles. The first-order chi connectivity index (χ1) is 16.6. The van der Waals surface area contributed by atoms with Crippen molar-refractivity contribution in [3.05, 3.63) is 71.8 Å². The van der Waals surface area contributed by atoms with Crippen LogP contribution in [0.2, 0.25) is 0 Å². The molecule has 0 bridgehead atoms. The van der Waals surface area contributed by atoms with Gasteiger partial charge in [0.15, 0.2) is 0 Å². The lowest BCUT2D eigenvalue weighted by atomic mass is 9.79. The molecule has 0 saturated carbocycles. The highest BCUT2D eigenvalue weighted by atomic mass is 16.7. The Kier molecular flexibility index (Phi) is 13.5. The molecule has 0 aliphatic carbocycles. The minimum absolute atomic E-state index is 0.422. The summed E-state index contributed by atoms with van der Waals surface area (Å²) < 4.78 is 12.9. The summed E-state index contributed by atoms with van der Waals surface area (Å²) in [5, 5.41) is 23.4. The second-order valence-corrected chi connectivity index (χ2v) is 9.25. The molecule has 4 nitrogen and oxygen atoms in total. The van der Waals surface area contributed by atoms with E-state index >= 15 is 0 Å². The van der Waals surface area contributed by atoms with Crippen LogP contribution in [0.4, 0.5) is 0 Å². The molecule has 2 aromatic rings. The van der Waals surface area contributed by atoms with Gasteiger partial charge < -0.3 is 19.7 Å². The van der Waals surface area contributed by atoms with E-state index in [1.807, 2.05) is 60.7 Å². The van der Waals surface area contributed by atoms with E-state index in [0.29, 0.717) is 19.6 Å². The number of aliphatic hydroxyl groups excluding tert-OH is 2. The molecule has 2 rings (SSSR count). The van der Waals surface area contributed by atoms with E-state index in [2.05, 4.69) is 20.8 Å². The summed E-state index contributed by atoms with van der Waals surface area (Å²) in [4.78, 5) is 0. The summed E-state index contributed by atoms with van der Waals surface area (Å²) in [6.07, 6.45) is 7.40. The zero-order valence-electron chi connectivity index (χ0n) is 21.5. The topological polar surface area (TPSA) is 58.9 Å². The van der Waals surface area contributed by atoms with E-state index in [1.54, 1.807) is 0 Å². The maximum Gasteiger partial charge on any atom is 0.204 e. The highest BCUT2D eigenvalue weighted by molar-refractivity contribution is 5.23. The molecule has 0 aromatic heterocycles. The molecule has 4 heteroatoms. The average molecular weight is 471 g/mol. The van der Waals surface area contributed by atoms with Crippen molar-refractivity contribution >= 4 is 0 Å². The van der Waals surface area contributed by atoms with Crippen LogP contribution in [0.25, 0.3) is 0 Å². The second kappa shape index (κ2) is 16.0. The number of benzene rings is 2. The van der Waals surface area contributed by atoms with Crippen molar-refractivity contribution < 1.29 is 19.7 Å². The van der Waals surface area contributed by atoms with Gasteiger partial charge in [-0.1, -0.05) is 120 Å². The fraction of sp³-hybridized carbons (Fsp3) is 0.600. The molecule has 3 atom stereocenters. The predicted molar refractivity (Wildman–Crippen MR) is 140 cm³/mol. The van der Waals surface area contributed by atoms with Crippen molar-refractivity contribution in [3.63, 3.8) is 0 Å². The van der Waals surface area contributed by atoms with Crippen molar-refractivity contribution in [2.75, 3.05) is 13.2 Å². The fourth-order valence-electron chi connectivity index (χ4n) is 4.61. The largest absolute Gasteiger partial charge is 0.388 e. The number of aliphatic hydroxyl groups is 2. The molecule has 0 fully saturated rings. The van der Waals surface area contributed by atoms with E-state index in [4.69, 9.17) is 9.47 Å². The summed E-state index contributed by atoms with van der Waals surface area (Å²) in [7, 11) is 0. The zero-order valence-corrected chi connectivity index (χ0v) is 21.5. The van der Waals surface area contributed by atoms with Gasteiger partial charge in [0, 0.05) is 19.1 Å². The van der Waals surface area contributed by atoms with Crippen LogP contribution in [0, 0.1) is 5.92 Å². The van der Waals surface area contributed by atoms with Crippen LogP contribution in [-0.4, -0.2) is 29.2 Å². The third-order valence-electron chi connectivity index (χ3n) is 6.47.